The van der Waals surface area contributed by atoms with Gasteiger partial charge in [0.2, 0.25) is 0 Å². The van der Waals surface area contributed by atoms with Gasteiger partial charge in [0.25, 0.3) is 5.91 Å². The number of piperidine rings is 1. The Bertz CT molecular complexity index is 721. The molecule has 0 saturated carbocycles. The molecule has 0 aliphatic carbocycles. The smallest absolute Gasteiger partial charge is 0.273 e. The molecule has 122 valence electrons. The molecule has 0 bridgehead atoms. The lowest BCUT2D eigenvalue weighted by Gasteiger charge is -2.34. The van der Waals surface area contributed by atoms with E-state index in [1.165, 1.54) is 17.8 Å². The number of benzene rings is 1. The van der Waals surface area contributed by atoms with Crippen LogP contribution in [0.15, 0.2) is 23.6 Å². The zero-order chi connectivity index (χ0) is 16.6. The van der Waals surface area contributed by atoms with Crippen molar-refractivity contribution in [3.8, 4) is 10.6 Å². The summed E-state index contributed by atoms with van der Waals surface area (Å²) in [6.45, 7) is 5.98. The van der Waals surface area contributed by atoms with Gasteiger partial charge >= 0.3 is 0 Å². The second kappa shape index (κ2) is 6.80. The maximum atomic E-state index is 12.7. The number of hydrogen-bond acceptors (Lipinski definition) is 3. The molecule has 3 rings (SSSR count). The Kier molecular flexibility index (Phi) is 4.95. The van der Waals surface area contributed by atoms with E-state index in [0.29, 0.717) is 27.6 Å². The molecule has 23 heavy (non-hydrogen) atoms. The summed E-state index contributed by atoms with van der Waals surface area (Å²) in [7, 11) is 0. The number of hydrogen-bond donors (Lipinski definition) is 0. The maximum absolute atomic E-state index is 12.7. The van der Waals surface area contributed by atoms with E-state index in [0.717, 1.165) is 23.7 Å². The van der Waals surface area contributed by atoms with Gasteiger partial charge in [0.05, 0.1) is 10.0 Å². The number of carbonyl (C=O) groups excluding carboxylic acids is 1. The fourth-order valence-corrected chi connectivity index (χ4v) is 4.43. The molecular weight excluding hydrogens is 351 g/mol. The molecule has 1 amide bonds. The van der Waals surface area contributed by atoms with Crippen molar-refractivity contribution in [1.29, 1.82) is 0 Å². The fourth-order valence-electron chi connectivity index (χ4n) is 3.16. The first kappa shape index (κ1) is 16.7. The lowest BCUT2D eigenvalue weighted by Crippen LogP contribution is -2.42. The van der Waals surface area contributed by atoms with E-state index in [-0.39, 0.29) is 5.91 Å². The van der Waals surface area contributed by atoms with Gasteiger partial charge in [0, 0.05) is 24.0 Å². The molecule has 1 fully saturated rings. The first-order chi connectivity index (χ1) is 11.0. The lowest BCUT2D eigenvalue weighted by molar-refractivity contribution is 0.0618. The Morgan fingerprint density at radius 3 is 2.65 bits per heavy atom. The van der Waals surface area contributed by atoms with Crippen LogP contribution in [0.4, 0.5) is 0 Å². The van der Waals surface area contributed by atoms with Gasteiger partial charge in [0.1, 0.15) is 10.7 Å². The van der Waals surface area contributed by atoms with Crippen LogP contribution in [0.3, 0.4) is 0 Å². The van der Waals surface area contributed by atoms with E-state index in [2.05, 4.69) is 18.8 Å². The fraction of sp³-hybridized carbons (Fsp3) is 0.412. The van der Waals surface area contributed by atoms with Crippen LogP contribution in [0.5, 0.6) is 0 Å². The van der Waals surface area contributed by atoms with Crippen molar-refractivity contribution in [3.63, 3.8) is 0 Å². The minimum absolute atomic E-state index is 0.00375. The topological polar surface area (TPSA) is 33.2 Å². The zero-order valence-corrected chi connectivity index (χ0v) is 15.4. The summed E-state index contributed by atoms with van der Waals surface area (Å²) in [5.74, 6) is 1.07. The summed E-state index contributed by atoms with van der Waals surface area (Å²) in [5.41, 5.74) is 1.26. The van der Waals surface area contributed by atoms with Gasteiger partial charge in [-0.15, -0.1) is 11.3 Å². The Hall–Kier alpha value is -1.10. The predicted molar refractivity (Wildman–Crippen MR) is 96.4 cm³/mol. The lowest BCUT2D eigenvalue weighted by atomic mass is 9.92. The first-order valence-corrected chi connectivity index (χ1v) is 9.28. The highest BCUT2D eigenvalue weighted by Gasteiger charge is 2.27. The van der Waals surface area contributed by atoms with Crippen LogP contribution in [0, 0.1) is 11.8 Å². The molecule has 1 aliphatic rings. The standard InChI is InChI=1S/C17H18Cl2N2OS/c1-10-6-11(2)8-21(7-10)17(22)14-9-23-16(20-14)12-4-3-5-13(18)15(12)19/h3-5,9-11H,6-8H2,1-2H3. The Morgan fingerprint density at radius 1 is 1.26 bits per heavy atom. The van der Waals surface area contributed by atoms with E-state index in [9.17, 15) is 4.79 Å². The Morgan fingerprint density at radius 2 is 1.96 bits per heavy atom. The molecule has 2 heterocycles. The molecule has 0 N–H and O–H groups in total. The van der Waals surface area contributed by atoms with Crippen LogP contribution in [-0.2, 0) is 0 Å². The van der Waals surface area contributed by atoms with Crippen LogP contribution in [-0.4, -0.2) is 28.9 Å². The predicted octanol–water partition coefficient (Wildman–Crippen LogP) is 5.24. The normalized spacial score (nSPS) is 21.5. The van der Waals surface area contributed by atoms with E-state index < -0.39 is 0 Å². The van der Waals surface area contributed by atoms with Crippen LogP contribution >= 0.6 is 34.5 Å². The molecule has 1 aliphatic heterocycles. The molecule has 2 aromatic rings. The number of rotatable bonds is 2. The second-order valence-corrected chi connectivity index (χ2v) is 7.94. The van der Waals surface area contributed by atoms with Gasteiger partial charge in [-0.25, -0.2) is 4.98 Å². The number of amides is 1. The van der Waals surface area contributed by atoms with E-state index in [1.807, 2.05) is 17.0 Å². The average Bonchev–Trinajstić information content (AvgIpc) is 2.98. The van der Waals surface area contributed by atoms with Crippen molar-refractivity contribution in [2.45, 2.75) is 20.3 Å². The molecule has 2 unspecified atom stereocenters. The van der Waals surface area contributed by atoms with E-state index in [1.54, 1.807) is 11.4 Å². The van der Waals surface area contributed by atoms with Gasteiger partial charge in [-0.05, 0) is 24.3 Å². The summed E-state index contributed by atoms with van der Waals surface area (Å²) in [4.78, 5) is 19.1. The zero-order valence-electron chi connectivity index (χ0n) is 13.1. The quantitative estimate of drug-likeness (QED) is 0.726. The minimum Gasteiger partial charge on any atom is -0.337 e. The minimum atomic E-state index is 0.00375. The maximum Gasteiger partial charge on any atom is 0.273 e. The number of nitrogens with zero attached hydrogens (tertiary/aromatic N) is 2. The molecule has 6 heteroatoms. The van der Waals surface area contributed by atoms with Crippen molar-refractivity contribution in [2.75, 3.05) is 13.1 Å². The average molecular weight is 369 g/mol. The first-order valence-electron chi connectivity index (χ1n) is 7.65. The summed E-state index contributed by atoms with van der Waals surface area (Å²) in [5, 5.41) is 3.49. The summed E-state index contributed by atoms with van der Waals surface area (Å²) in [6.07, 6.45) is 1.17. The molecule has 0 spiro atoms. The highest BCUT2D eigenvalue weighted by molar-refractivity contribution is 7.13. The third kappa shape index (κ3) is 3.54. The number of carbonyl (C=O) groups is 1. The van der Waals surface area contributed by atoms with Gasteiger partial charge in [0.15, 0.2) is 0 Å². The largest absolute Gasteiger partial charge is 0.337 e. The number of halogens is 2. The summed E-state index contributed by atoms with van der Waals surface area (Å²) >= 11 is 13.7. The molecule has 1 aromatic heterocycles. The van der Waals surface area contributed by atoms with Crippen LogP contribution in [0.1, 0.15) is 30.8 Å². The van der Waals surface area contributed by atoms with Gasteiger partial charge in [-0.3, -0.25) is 4.79 Å². The van der Waals surface area contributed by atoms with Gasteiger partial charge in [-0.2, -0.15) is 0 Å². The SMILES string of the molecule is CC1CC(C)CN(C(=O)c2csc(-c3cccc(Cl)c3Cl)n2)C1. The van der Waals surface area contributed by atoms with Crippen LogP contribution in [0.25, 0.3) is 10.6 Å². The van der Waals surface area contributed by atoms with Gasteiger partial charge in [-0.1, -0.05) is 49.2 Å². The monoisotopic (exact) mass is 368 g/mol. The molecule has 1 aromatic carbocycles. The molecule has 1 saturated heterocycles. The van der Waals surface area contributed by atoms with Crippen molar-refractivity contribution < 1.29 is 4.79 Å². The molecule has 2 atom stereocenters. The van der Waals surface area contributed by atoms with Crippen LogP contribution in [0.2, 0.25) is 10.0 Å². The number of aromatic nitrogens is 1. The van der Waals surface area contributed by atoms with Crippen molar-refractivity contribution in [2.24, 2.45) is 11.8 Å². The van der Waals surface area contributed by atoms with E-state index in [4.69, 9.17) is 23.2 Å². The summed E-state index contributed by atoms with van der Waals surface area (Å²) < 4.78 is 0. The van der Waals surface area contributed by atoms with Crippen LogP contribution < -0.4 is 0 Å². The Labute approximate surface area is 150 Å². The van der Waals surface area contributed by atoms with Crippen molar-refractivity contribution >= 4 is 40.4 Å². The highest BCUT2D eigenvalue weighted by Crippen LogP contribution is 2.35. The third-order valence-corrected chi connectivity index (χ3v) is 5.76. The number of likely N-dealkylation sites (tertiary alicyclic amines) is 1. The third-order valence-electron chi connectivity index (χ3n) is 4.06. The summed E-state index contributed by atoms with van der Waals surface area (Å²) in [6, 6.07) is 5.44. The highest BCUT2D eigenvalue weighted by atomic mass is 35.5. The molecule has 0 radical (unpaired) electrons. The molecule has 3 nitrogen and oxygen atoms in total. The second-order valence-electron chi connectivity index (χ2n) is 6.30. The Balaban J connectivity index is 1.84. The van der Waals surface area contributed by atoms with Crippen molar-refractivity contribution in [1.82, 2.24) is 9.88 Å². The van der Waals surface area contributed by atoms with Gasteiger partial charge < -0.3 is 4.90 Å². The molecular formula is C17H18Cl2N2OS. The van der Waals surface area contributed by atoms with Crippen molar-refractivity contribution in [3.05, 3.63) is 39.3 Å². The number of thiazole rings is 1. The van der Waals surface area contributed by atoms with E-state index >= 15 is 0 Å².